The molecule has 0 heterocycles. The Balaban J connectivity index is -0.0000000800. The molecule has 9 heavy (non-hydrogen) atoms. The van der Waals surface area contributed by atoms with Crippen LogP contribution in [0.1, 0.15) is 6.92 Å². The number of aliphatic hydroxyl groups is 1. The zero-order chi connectivity index (χ0) is 7.21. The van der Waals surface area contributed by atoms with Crippen molar-refractivity contribution in [3.8, 4) is 0 Å². The van der Waals surface area contributed by atoms with E-state index in [2.05, 4.69) is 28.2 Å². The number of nitrogens with zero attached hydrogens (tertiary/aromatic N) is 1. The van der Waals surface area contributed by atoms with Gasteiger partial charge in [-0.2, -0.15) is 0 Å². The third kappa shape index (κ3) is 7180. The van der Waals surface area contributed by atoms with Crippen LogP contribution in [0.25, 0.3) is 0 Å². The van der Waals surface area contributed by atoms with E-state index in [4.69, 9.17) is 5.11 Å². The minimum absolute atomic E-state index is 0. The molecule has 0 aromatic carbocycles. The van der Waals surface area contributed by atoms with Crippen LogP contribution in [0.4, 0.5) is 0 Å². The third-order valence-electron chi connectivity index (χ3n) is 0. The Hall–Kier alpha value is 0.210. The van der Waals surface area contributed by atoms with Crippen LogP contribution in [0.2, 0.25) is 0 Å². The van der Waals surface area contributed by atoms with Gasteiger partial charge >= 0.3 is 0 Å². The number of halogens is 1. The largest absolute Gasteiger partial charge is 1.00 e. The average Bonchev–Trinajstić information content (AvgIpc) is 1.27. The molecule has 0 rings (SSSR count). The van der Waals surface area contributed by atoms with Crippen molar-refractivity contribution in [1.29, 1.82) is 0 Å². The quantitative estimate of drug-likeness (QED) is 0.379. The van der Waals surface area contributed by atoms with E-state index in [1.165, 1.54) is 0 Å². The van der Waals surface area contributed by atoms with E-state index in [1.54, 1.807) is 6.92 Å². The normalized spacial score (nSPS) is 8.67. The van der Waals surface area contributed by atoms with E-state index in [0.29, 0.717) is 0 Å². The Morgan fingerprint density at radius 1 is 1.11 bits per heavy atom. The summed E-state index contributed by atoms with van der Waals surface area (Å²) in [6.07, 6.45) is 0. The molecule has 0 radical (unpaired) electrons. The van der Waals surface area contributed by atoms with Crippen LogP contribution in [0, 0.1) is 0 Å². The van der Waals surface area contributed by atoms with Crippen LogP contribution in [-0.2, 0) is 0 Å². The standard InChI is InChI=1S/C4H12N.C2H6O.ClH/c1-5(2,3)4;1-2-3;/h1-4H3;3H,2H2,1H3;1H/q+1;;/p-1. The van der Waals surface area contributed by atoms with Gasteiger partial charge in [0, 0.05) is 6.61 Å². The molecule has 0 aliphatic carbocycles. The second-order valence-corrected chi connectivity index (χ2v) is 3.00. The van der Waals surface area contributed by atoms with Gasteiger partial charge in [-0.25, -0.2) is 0 Å². The lowest BCUT2D eigenvalue weighted by atomic mass is 10.8. The monoisotopic (exact) mass is 155 g/mol. The Bertz CT molecular complexity index is 36.8. The topological polar surface area (TPSA) is 20.2 Å². The molecule has 0 bridgehead atoms. The molecule has 0 spiro atoms. The summed E-state index contributed by atoms with van der Waals surface area (Å²) < 4.78 is 1.00. The van der Waals surface area contributed by atoms with Gasteiger partial charge in [-0.05, 0) is 6.92 Å². The molecule has 3 heteroatoms. The van der Waals surface area contributed by atoms with Crippen molar-refractivity contribution in [2.45, 2.75) is 6.92 Å². The van der Waals surface area contributed by atoms with E-state index in [-0.39, 0.29) is 19.0 Å². The lowest BCUT2D eigenvalue weighted by molar-refractivity contribution is -0.849. The molecule has 1 N–H and O–H groups in total. The van der Waals surface area contributed by atoms with E-state index in [0.717, 1.165) is 4.48 Å². The predicted molar refractivity (Wildman–Crippen MR) is 36.7 cm³/mol. The van der Waals surface area contributed by atoms with Gasteiger partial charge in [0.2, 0.25) is 0 Å². The Morgan fingerprint density at radius 3 is 1.11 bits per heavy atom. The Kier molecular flexibility index (Phi) is 14.7. The van der Waals surface area contributed by atoms with Gasteiger partial charge in [0.1, 0.15) is 0 Å². The predicted octanol–water partition coefficient (Wildman–Crippen LogP) is -2.67. The summed E-state index contributed by atoms with van der Waals surface area (Å²) in [4.78, 5) is 0. The van der Waals surface area contributed by atoms with Crippen LogP contribution in [-0.4, -0.2) is 44.4 Å². The van der Waals surface area contributed by atoms with Gasteiger partial charge in [0.25, 0.3) is 0 Å². The van der Waals surface area contributed by atoms with Crippen molar-refractivity contribution >= 4 is 0 Å². The van der Waals surface area contributed by atoms with Crippen molar-refractivity contribution in [3.05, 3.63) is 0 Å². The van der Waals surface area contributed by atoms with Gasteiger partial charge in [-0.15, -0.1) is 0 Å². The molecule has 0 aliphatic rings. The van der Waals surface area contributed by atoms with Gasteiger partial charge in [0.05, 0.1) is 28.2 Å². The van der Waals surface area contributed by atoms with Crippen molar-refractivity contribution in [1.82, 2.24) is 0 Å². The van der Waals surface area contributed by atoms with Crippen LogP contribution in [0.15, 0.2) is 0 Å². The number of rotatable bonds is 0. The number of aliphatic hydroxyl groups excluding tert-OH is 1. The molecular formula is C6H18ClNO. The zero-order valence-corrected chi connectivity index (χ0v) is 7.74. The molecule has 0 saturated heterocycles. The summed E-state index contributed by atoms with van der Waals surface area (Å²) in [6, 6.07) is 0. The highest BCUT2D eigenvalue weighted by Gasteiger charge is 1.88. The van der Waals surface area contributed by atoms with E-state index < -0.39 is 0 Å². The minimum Gasteiger partial charge on any atom is -1.00 e. The zero-order valence-electron chi connectivity index (χ0n) is 6.98. The summed E-state index contributed by atoms with van der Waals surface area (Å²) in [6.45, 7) is 1.93. The second-order valence-electron chi connectivity index (χ2n) is 3.00. The number of hydrogen-bond donors (Lipinski definition) is 1. The molecule has 0 aromatic rings. The first kappa shape index (κ1) is 16.1. The minimum atomic E-state index is 0. The van der Waals surface area contributed by atoms with Crippen molar-refractivity contribution in [2.75, 3.05) is 34.8 Å². The van der Waals surface area contributed by atoms with Crippen molar-refractivity contribution in [2.24, 2.45) is 0 Å². The van der Waals surface area contributed by atoms with E-state index >= 15 is 0 Å². The molecule has 0 fully saturated rings. The molecule has 0 atom stereocenters. The molecule has 0 aliphatic heterocycles. The molecule has 0 aromatic heterocycles. The van der Waals surface area contributed by atoms with Gasteiger partial charge < -0.3 is 22.0 Å². The molecule has 0 amide bonds. The highest BCUT2D eigenvalue weighted by Crippen LogP contribution is 1.73. The second kappa shape index (κ2) is 8.21. The van der Waals surface area contributed by atoms with Crippen LogP contribution in [0.3, 0.4) is 0 Å². The van der Waals surface area contributed by atoms with Crippen LogP contribution < -0.4 is 12.4 Å². The Morgan fingerprint density at radius 2 is 1.11 bits per heavy atom. The van der Waals surface area contributed by atoms with Crippen molar-refractivity contribution in [3.63, 3.8) is 0 Å². The maximum atomic E-state index is 7.57. The fourth-order valence-corrected chi connectivity index (χ4v) is 0. The summed E-state index contributed by atoms with van der Waals surface area (Å²) >= 11 is 0. The van der Waals surface area contributed by atoms with Crippen molar-refractivity contribution < 1.29 is 22.0 Å². The summed E-state index contributed by atoms with van der Waals surface area (Å²) in [5.41, 5.74) is 0. The SMILES string of the molecule is CCO.C[N+](C)(C)C.[Cl-]. The summed E-state index contributed by atoms with van der Waals surface area (Å²) in [5.74, 6) is 0. The van der Waals surface area contributed by atoms with Crippen LogP contribution in [0.5, 0.6) is 0 Å². The van der Waals surface area contributed by atoms with Gasteiger partial charge in [0.15, 0.2) is 0 Å². The highest BCUT2D eigenvalue weighted by atomic mass is 35.5. The summed E-state index contributed by atoms with van der Waals surface area (Å²) in [7, 11) is 8.50. The van der Waals surface area contributed by atoms with Gasteiger partial charge in [-0.1, -0.05) is 0 Å². The molecule has 0 unspecified atom stereocenters. The van der Waals surface area contributed by atoms with Crippen LogP contribution >= 0.6 is 0 Å². The smallest absolute Gasteiger partial charge is 0.0675 e. The summed E-state index contributed by atoms with van der Waals surface area (Å²) in [5, 5.41) is 7.57. The maximum Gasteiger partial charge on any atom is 0.0675 e. The molecular weight excluding hydrogens is 138 g/mol. The third-order valence-corrected chi connectivity index (χ3v) is 0. The number of quaternary nitrogens is 1. The average molecular weight is 156 g/mol. The first-order valence-corrected chi connectivity index (χ1v) is 2.81. The molecule has 2 nitrogen and oxygen atoms in total. The maximum absolute atomic E-state index is 7.57. The van der Waals surface area contributed by atoms with Gasteiger partial charge in [-0.3, -0.25) is 0 Å². The Labute approximate surface area is 64.5 Å². The number of hydrogen-bond acceptors (Lipinski definition) is 1. The lowest BCUT2D eigenvalue weighted by Gasteiger charge is -2.14. The first-order valence-electron chi connectivity index (χ1n) is 2.81. The van der Waals surface area contributed by atoms with E-state index in [9.17, 15) is 0 Å². The fraction of sp³-hybridized carbons (Fsp3) is 1.00. The van der Waals surface area contributed by atoms with E-state index in [1.807, 2.05) is 0 Å². The molecule has 0 saturated carbocycles. The molecule has 60 valence electrons. The highest BCUT2D eigenvalue weighted by molar-refractivity contribution is 3.87. The fourth-order valence-electron chi connectivity index (χ4n) is 0. The lowest BCUT2D eigenvalue weighted by Crippen LogP contribution is -3.00. The first-order chi connectivity index (χ1) is 3.41.